The summed E-state index contributed by atoms with van der Waals surface area (Å²) in [4.78, 5) is 22.8. The molecule has 0 spiro atoms. The van der Waals surface area contributed by atoms with Crippen LogP contribution < -0.4 is 5.32 Å². The molecule has 0 saturated heterocycles. The third-order valence-electron chi connectivity index (χ3n) is 4.00. The van der Waals surface area contributed by atoms with Crippen molar-refractivity contribution in [3.63, 3.8) is 0 Å². The molecule has 10 heteroatoms. The average Bonchev–Trinajstić information content (AvgIpc) is 3.19. The van der Waals surface area contributed by atoms with Crippen LogP contribution in [0.1, 0.15) is 17.4 Å². The Bertz CT molecular complexity index is 1140. The van der Waals surface area contributed by atoms with E-state index in [1.165, 1.54) is 60.3 Å². The zero-order valence-corrected chi connectivity index (χ0v) is 15.6. The van der Waals surface area contributed by atoms with Crippen LogP contribution in [0.15, 0.2) is 65.7 Å². The predicted molar refractivity (Wildman–Crippen MR) is 102 cm³/mol. The molecule has 1 aromatic heterocycles. The number of non-ortho nitro benzene ring substituents is 1. The third kappa shape index (κ3) is 3.91. The van der Waals surface area contributed by atoms with Crippen LogP contribution in [0.4, 0.5) is 11.4 Å². The number of anilines is 1. The van der Waals surface area contributed by atoms with E-state index in [0.29, 0.717) is 5.69 Å². The smallest absolute Gasteiger partial charge is 0.276 e. The first-order valence-corrected chi connectivity index (χ1v) is 9.90. The van der Waals surface area contributed by atoms with Gasteiger partial charge in [0.2, 0.25) is 0 Å². The van der Waals surface area contributed by atoms with Crippen LogP contribution in [-0.2, 0) is 9.84 Å². The van der Waals surface area contributed by atoms with Crippen molar-refractivity contribution in [2.45, 2.75) is 11.8 Å². The fraction of sp³-hybridized carbons (Fsp3) is 0.111. The van der Waals surface area contributed by atoms with Crippen LogP contribution in [0.5, 0.6) is 0 Å². The largest absolute Gasteiger partial charge is 0.319 e. The molecule has 0 aliphatic heterocycles. The van der Waals surface area contributed by atoms with Crippen LogP contribution >= 0.6 is 0 Å². The fourth-order valence-corrected chi connectivity index (χ4v) is 3.55. The molecule has 0 aliphatic carbocycles. The van der Waals surface area contributed by atoms with E-state index in [-0.39, 0.29) is 27.7 Å². The van der Waals surface area contributed by atoms with Crippen LogP contribution in [-0.4, -0.2) is 34.8 Å². The van der Waals surface area contributed by atoms with E-state index in [1.807, 2.05) is 0 Å². The van der Waals surface area contributed by atoms with Gasteiger partial charge in [0.15, 0.2) is 15.5 Å². The molecule has 144 valence electrons. The zero-order valence-electron chi connectivity index (χ0n) is 14.8. The molecule has 1 N–H and O–H groups in total. The SMILES string of the molecule is CCS(=O)(=O)c1ccccc1NC(=O)c1ccn(-c2ccc([N+](=O)[O-])cc2)n1. The number of nitro benzene ring substituents is 1. The lowest BCUT2D eigenvalue weighted by atomic mass is 10.3. The number of amides is 1. The van der Waals surface area contributed by atoms with Gasteiger partial charge in [-0.2, -0.15) is 5.10 Å². The number of para-hydroxylation sites is 1. The Balaban J connectivity index is 1.83. The van der Waals surface area contributed by atoms with Gasteiger partial charge in [-0.05, 0) is 30.3 Å². The number of hydrogen-bond donors (Lipinski definition) is 1. The molecule has 0 fully saturated rings. The lowest BCUT2D eigenvalue weighted by molar-refractivity contribution is -0.384. The number of hydrogen-bond acceptors (Lipinski definition) is 6. The molecular formula is C18H16N4O5S. The van der Waals surface area contributed by atoms with Gasteiger partial charge >= 0.3 is 0 Å². The van der Waals surface area contributed by atoms with Crippen LogP contribution in [0.3, 0.4) is 0 Å². The summed E-state index contributed by atoms with van der Waals surface area (Å²) in [5.41, 5.74) is 0.738. The highest BCUT2D eigenvalue weighted by Gasteiger charge is 2.19. The molecule has 28 heavy (non-hydrogen) atoms. The topological polar surface area (TPSA) is 124 Å². The normalized spacial score (nSPS) is 11.2. The van der Waals surface area contributed by atoms with E-state index in [0.717, 1.165) is 0 Å². The maximum atomic E-state index is 12.5. The van der Waals surface area contributed by atoms with Gasteiger partial charge in [-0.3, -0.25) is 14.9 Å². The van der Waals surface area contributed by atoms with Gasteiger partial charge in [0.1, 0.15) is 0 Å². The minimum atomic E-state index is -3.50. The predicted octanol–water partition coefficient (Wildman–Crippen LogP) is 2.83. The van der Waals surface area contributed by atoms with Crippen molar-refractivity contribution >= 4 is 27.1 Å². The van der Waals surface area contributed by atoms with Gasteiger partial charge in [-0.1, -0.05) is 19.1 Å². The number of benzene rings is 2. The quantitative estimate of drug-likeness (QED) is 0.501. The zero-order chi connectivity index (χ0) is 20.3. The van der Waals surface area contributed by atoms with Crippen molar-refractivity contribution in [3.05, 3.63) is 76.6 Å². The molecule has 0 aliphatic rings. The highest BCUT2D eigenvalue weighted by Crippen LogP contribution is 2.22. The Morgan fingerprint density at radius 3 is 2.46 bits per heavy atom. The van der Waals surface area contributed by atoms with Gasteiger partial charge in [-0.15, -0.1) is 0 Å². The summed E-state index contributed by atoms with van der Waals surface area (Å²) in [6.07, 6.45) is 1.53. The first kappa shape index (κ1) is 19.2. The maximum Gasteiger partial charge on any atom is 0.276 e. The molecule has 2 aromatic carbocycles. The van der Waals surface area contributed by atoms with Gasteiger partial charge in [0.05, 0.1) is 26.9 Å². The number of nitro groups is 1. The third-order valence-corrected chi connectivity index (χ3v) is 5.78. The second-order valence-electron chi connectivity index (χ2n) is 5.77. The van der Waals surface area contributed by atoms with Crippen LogP contribution in [0.25, 0.3) is 5.69 Å². The summed E-state index contributed by atoms with van der Waals surface area (Å²) in [6.45, 7) is 1.53. The minimum Gasteiger partial charge on any atom is -0.319 e. The van der Waals surface area contributed by atoms with Crippen molar-refractivity contribution < 1.29 is 18.1 Å². The molecule has 0 saturated carbocycles. The van der Waals surface area contributed by atoms with E-state index < -0.39 is 20.7 Å². The molecule has 0 radical (unpaired) electrons. The van der Waals surface area contributed by atoms with Gasteiger partial charge < -0.3 is 5.32 Å². The molecule has 0 bridgehead atoms. The van der Waals surface area contributed by atoms with Crippen molar-refractivity contribution in [1.29, 1.82) is 0 Å². The molecule has 9 nitrogen and oxygen atoms in total. The Morgan fingerprint density at radius 1 is 1.14 bits per heavy atom. The van der Waals surface area contributed by atoms with Gasteiger partial charge in [-0.25, -0.2) is 13.1 Å². The summed E-state index contributed by atoms with van der Waals surface area (Å²) >= 11 is 0. The molecular weight excluding hydrogens is 384 g/mol. The highest BCUT2D eigenvalue weighted by molar-refractivity contribution is 7.91. The Labute approximate surface area is 160 Å². The summed E-state index contributed by atoms with van der Waals surface area (Å²) in [6, 6.07) is 13.3. The minimum absolute atomic E-state index is 0.0423. The molecule has 1 amide bonds. The van der Waals surface area contributed by atoms with E-state index >= 15 is 0 Å². The monoisotopic (exact) mass is 400 g/mol. The Kier molecular flexibility index (Phi) is 5.23. The average molecular weight is 400 g/mol. The lowest BCUT2D eigenvalue weighted by Crippen LogP contribution is -2.16. The van der Waals surface area contributed by atoms with Crippen molar-refractivity contribution in [1.82, 2.24) is 9.78 Å². The Morgan fingerprint density at radius 2 is 1.82 bits per heavy atom. The number of carbonyl (C=O) groups is 1. The molecule has 3 aromatic rings. The van der Waals surface area contributed by atoms with Crippen LogP contribution in [0, 0.1) is 10.1 Å². The summed E-state index contributed by atoms with van der Waals surface area (Å²) < 4.78 is 25.8. The maximum absolute atomic E-state index is 12.5. The van der Waals surface area contributed by atoms with E-state index in [1.54, 1.807) is 12.1 Å². The van der Waals surface area contributed by atoms with E-state index in [4.69, 9.17) is 0 Å². The summed E-state index contributed by atoms with van der Waals surface area (Å²) in [7, 11) is -3.50. The van der Waals surface area contributed by atoms with Crippen molar-refractivity contribution in [3.8, 4) is 5.69 Å². The molecule has 1 heterocycles. The lowest BCUT2D eigenvalue weighted by Gasteiger charge is -2.09. The first-order chi connectivity index (χ1) is 13.3. The second-order valence-corrected chi connectivity index (χ2v) is 8.02. The summed E-state index contributed by atoms with van der Waals surface area (Å²) in [5.74, 6) is -0.659. The number of rotatable bonds is 6. The highest BCUT2D eigenvalue weighted by atomic mass is 32.2. The first-order valence-electron chi connectivity index (χ1n) is 8.25. The van der Waals surface area contributed by atoms with Crippen molar-refractivity contribution in [2.75, 3.05) is 11.1 Å². The fourth-order valence-electron chi connectivity index (χ4n) is 2.50. The standard InChI is InChI=1S/C18H16N4O5S/c1-2-28(26,27)17-6-4-3-5-15(17)19-18(23)16-11-12-21(20-16)13-7-9-14(10-8-13)22(24)25/h3-12H,2H2,1H3,(H,19,23). The van der Waals surface area contributed by atoms with Gasteiger partial charge in [0, 0.05) is 18.3 Å². The second kappa shape index (κ2) is 7.61. The number of carbonyl (C=O) groups excluding carboxylic acids is 1. The Hall–Kier alpha value is -3.53. The van der Waals surface area contributed by atoms with Crippen molar-refractivity contribution in [2.24, 2.45) is 0 Å². The summed E-state index contributed by atoms with van der Waals surface area (Å²) in [5, 5.41) is 17.4. The number of aromatic nitrogens is 2. The van der Waals surface area contributed by atoms with Crippen LogP contribution in [0.2, 0.25) is 0 Å². The molecule has 3 rings (SSSR count). The number of sulfone groups is 1. The molecule has 0 atom stereocenters. The molecule has 0 unspecified atom stereocenters. The van der Waals surface area contributed by atoms with E-state index in [2.05, 4.69) is 10.4 Å². The number of nitrogens with zero attached hydrogens (tertiary/aromatic N) is 3. The van der Waals surface area contributed by atoms with E-state index in [9.17, 15) is 23.3 Å². The van der Waals surface area contributed by atoms with Gasteiger partial charge in [0.25, 0.3) is 11.6 Å². The number of nitrogens with one attached hydrogen (secondary N) is 1.